The van der Waals surface area contributed by atoms with E-state index < -0.39 is 15.9 Å². The van der Waals surface area contributed by atoms with Crippen molar-refractivity contribution in [1.82, 2.24) is 19.0 Å². The zero-order chi connectivity index (χ0) is 25.2. The largest absolute Gasteiger partial charge is 0.321 e. The highest BCUT2D eigenvalue weighted by molar-refractivity contribution is 7.89. The third kappa shape index (κ3) is 5.29. The van der Waals surface area contributed by atoms with Gasteiger partial charge in [-0.2, -0.15) is 9.40 Å². The molecule has 2 aromatic carbocycles. The van der Waals surface area contributed by atoms with E-state index in [4.69, 9.17) is 0 Å². The molecular formula is C25H31N5O4S. The SMILES string of the molecule is CCN1CCN(S(=O)(=O)c2cccc(NC(=O)c3nn(CC(C)C)c(=O)c4ccccc34)c2)CC1. The summed E-state index contributed by atoms with van der Waals surface area (Å²) in [5.41, 5.74) is 0.211. The maximum absolute atomic E-state index is 13.3. The lowest BCUT2D eigenvalue weighted by atomic mass is 10.1. The minimum absolute atomic E-state index is 0.116. The van der Waals surface area contributed by atoms with Gasteiger partial charge in [-0.15, -0.1) is 0 Å². The molecule has 0 saturated carbocycles. The zero-order valence-electron chi connectivity index (χ0n) is 20.3. The minimum Gasteiger partial charge on any atom is -0.321 e. The van der Waals surface area contributed by atoms with E-state index in [1.165, 1.54) is 21.1 Å². The zero-order valence-corrected chi connectivity index (χ0v) is 21.1. The molecule has 35 heavy (non-hydrogen) atoms. The van der Waals surface area contributed by atoms with Crippen molar-refractivity contribution in [2.45, 2.75) is 32.2 Å². The fraction of sp³-hybridized carbons (Fsp3) is 0.400. The molecule has 1 amide bonds. The maximum Gasteiger partial charge on any atom is 0.276 e. The number of aromatic nitrogens is 2. The first kappa shape index (κ1) is 25.0. The Hall–Kier alpha value is -3.08. The van der Waals surface area contributed by atoms with Crippen LogP contribution in [0.3, 0.4) is 0 Å². The summed E-state index contributed by atoms with van der Waals surface area (Å²) in [6.07, 6.45) is 0. The number of benzene rings is 2. The van der Waals surface area contributed by atoms with Gasteiger partial charge in [0.1, 0.15) is 0 Å². The van der Waals surface area contributed by atoms with Gasteiger partial charge in [-0.3, -0.25) is 9.59 Å². The van der Waals surface area contributed by atoms with Crippen molar-refractivity contribution in [1.29, 1.82) is 0 Å². The van der Waals surface area contributed by atoms with E-state index in [1.54, 1.807) is 36.4 Å². The van der Waals surface area contributed by atoms with Crippen LogP contribution in [0.25, 0.3) is 10.8 Å². The lowest BCUT2D eigenvalue weighted by molar-refractivity contribution is 0.102. The lowest BCUT2D eigenvalue weighted by Gasteiger charge is -2.33. The maximum atomic E-state index is 13.3. The van der Waals surface area contributed by atoms with Crippen molar-refractivity contribution in [2.75, 3.05) is 38.0 Å². The molecule has 0 atom stereocenters. The van der Waals surface area contributed by atoms with Crippen molar-refractivity contribution < 1.29 is 13.2 Å². The minimum atomic E-state index is -3.68. The summed E-state index contributed by atoms with van der Waals surface area (Å²) in [4.78, 5) is 28.4. The normalized spacial score (nSPS) is 15.5. The highest BCUT2D eigenvalue weighted by atomic mass is 32.2. The molecule has 3 aromatic rings. The number of carbonyl (C=O) groups is 1. The van der Waals surface area contributed by atoms with Gasteiger partial charge in [0.25, 0.3) is 11.5 Å². The van der Waals surface area contributed by atoms with Crippen LogP contribution in [0.5, 0.6) is 0 Å². The Kier molecular flexibility index (Phi) is 7.34. The first-order valence-electron chi connectivity index (χ1n) is 11.8. The van der Waals surface area contributed by atoms with Crippen molar-refractivity contribution in [3.63, 3.8) is 0 Å². The van der Waals surface area contributed by atoms with Crippen molar-refractivity contribution in [3.8, 4) is 0 Å². The Morgan fingerprint density at radius 2 is 1.71 bits per heavy atom. The number of anilines is 1. The van der Waals surface area contributed by atoms with E-state index in [2.05, 4.69) is 22.2 Å². The van der Waals surface area contributed by atoms with Gasteiger partial charge in [-0.25, -0.2) is 13.1 Å². The molecular weight excluding hydrogens is 466 g/mol. The summed E-state index contributed by atoms with van der Waals surface area (Å²) in [6.45, 7) is 9.51. The highest BCUT2D eigenvalue weighted by Crippen LogP contribution is 2.22. The van der Waals surface area contributed by atoms with Gasteiger partial charge in [-0.05, 0) is 36.7 Å². The molecule has 1 aliphatic rings. The smallest absolute Gasteiger partial charge is 0.276 e. The number of amides is 1. The van der Waals surface area contributed by atoms with Crippen LogP contribution in [0.2, 0.25) is 0 Å². The van der Waals surface area contributed by atoms with Crippen LogP contribution >= 0.6 is 0 Å². The number of carbonyl (C=O) groups excluding carboxylic acids is 1. The molecule has 0 spiro atoms. The summed E-state index contributed by atoms with van der Waals surface area (Å²) in [5.74, 6) is -0.344. The van der Waals surface area contributed by atoms with E-state index in [-0.39, 0.29) is 22.1 Å². The molecule has 1 fully saturated rings. The summed E-state index contributed by atoms with van der Waals surface area (Å²) in [7, 11) is -3.68. The second-order valence-electron chi connectivity index (χ2n) is 9.10. The van der Waals surface area contributed by atoms with Gasteiger partial charge in [0, 0.05) is 43.8 Å². The molecule has 1 N–H and O–H groups in total. The summed E-state index contributed by atoms with van der Waals surface area (Å²) in [6, 6.07) is 13.1. The molecule has 1 aromatic heterocycles. The van der Waals surface area contributed by atoms with Gasteiger partial charge in [0.15, 0.2) is 5.69 Å². The Labute approximate surface area is 205 Å². The van der Waals surface area contributed by atoms with E-state index in [1.807, 2.05) is 13.8 Å². The quantitative estimate of drug-likeness (QED) is 0.538. The molecule has 10 heteroatoms. The average Bonchev–Trinajstić information content (AvgIpc) is 2.85. The summed E-state index contributed by atoms with van der Waals surface area (Å²) in [5, 5.41) is 8.00. The Morgan fingerprint density at radius 3 is 2.37 bits per heavy atom. The van der Waals surface area contributed by atoms with Crippen molar-refractivity contribution in [3.05, 3.63) is 64.6 Å². The third-order valence-electron chi connectivity index (χ3n) is 6.13. The third-order valence-corrected chi connectivity index (χ3v) is 8.02. The van der Waals surface area contributed by atoms with Crippen LogP contribution in [0, 0.1) is 5.92 Å². The molecule has 0 bridgehead atoms. The number of sulfonamides is 1. The predicted molar refractivity (Wildman–Crippen MR) is 136 cm³/mol. The van der Waals surface area contributed by atoms with Crippen molar-refractivity contribution in [2.24, 2.45) is 5.92 Å². The fourth-order valence-corrected chi connectivity index (χ4v) is 5.70. The number of fused-ring (bicyclic) bond motifs is 1. The average molecular weight is 498 g/mol. The second kappa shape index (κ2) is 10.3. The van der Waals surface area contributed by atoms with Crippen molar-refractivity contribution >= 4 is 32.4 Å². The molecule has 0 unspecified atom stereocenters. The van der Waals surface area contributed by atoms with Crippen LogP contribution < -0.4 is 10.9 Å². The van der Waals surface area contributed by atoms with Crippen LogP contribution in [-0.2, 0) is 16.6 Å². The number of rotatable bonds is 7. The predicted octanol–water partition coefficient (Wildman–Crippen LogP) is 2.63. The topological polar surface area (TPSA) is 105 Å². The van der Waals surface area contributed by atoms with E-state index >= 15 is 0 Å². The van der Waals surface area contributed by atoms with E-state index in [9.17, 15) is 18.0 Å². The molecule has 1 saturated heterocycles. The van der Waals surface area contributed by atoms with E-state index in [0.717, 1.165) is 6.54 Å². The lowest BCUT2D eigenvalue weighted by Crippen LogP contribution is -2.48. The monoisotopic (exact) mass is 497 g/mol. The number of piperazine rings is 1. The van der Waals surface area contributed by atoms with E-state index in [0.29, 0.717) is 49.2 Å². The number of nitrogens with one attached hydrogen (secondary N) is 1. The molecule has 9 nitrogen and oxygen atoms in total. The Balaban J connectivity index is 1.63. The first-order chi connectivity index (χ1) is 16.7. The van der Waals surface area contributed by atoms with Gasteiger partial charge >= 0.3 is 0 Å². The Bertz CT molecular complexity index is 1390. The highest BCUT2D eigenvalue weighted by Gasteiger charge is 2.28. The van der Waals surface area contributed by atoms with Gasteiger partial charge < -0.3 is 10.2 Å². The van der Waals surface area contributed by atoms with Gasteiger partial charge in [0.05, 0.1) is 10.3 Å². The number of hydrogen-bond donors (Lipinski definition) is 1. The molecule has 4 rings (SSSR count). The molecule has 0 aliphatic carbocycles. The number of hydrogen-bond acceptors (Lipinski definition) is 6. The standard InChI is InChI=1S/C25H31N5O4S/c1-4-28-12-14-29(15-13-28)35(33,34)20-9-7-8-19(16-20)26-24(31)23-21-10-5-6-11-22(21)25(32)30(27-23)17-18(2)3/h5-11,16,18H,4,12-15,17H2,1-3H3,(H,26,31). The van der Waals surface area contributed by atoms with Crippen LogP contribution in [0.1, 0.15) is 31.3 Å². The summed E-state index contributed by atoms with van der Waals surface area (Å²) < 4.78 is 29.2. The van der Waals surface area contributed by atoms with Crippen LogP contribution in [0.4, 0.5) is 5.69 Å². The molecule has 2 heterocycles. The number of nitrogens with zero attached hydrogens (tertiary/aromatic N) is 4. The van der Waals surface area contributed by atoms with Crippen LogP contribution in [0.15, 0.2) is 58.2 Å². The number of likely N-dealkylation sites (N-methyl/N-ethyl adjacent to an activating group) is 1. The summed E-state index contributed by atoms with van der Waals surface area (Å²) >= 11 is 0. The van der Waals surface area contributed by atoms with Gasteiger partial charge in [0.2, 0.25) is 10.0 Å². The fourth-order valence-electron chi connectivity index (χ4n) is 4.23. The van der Waals surface area contributed by atoms with Crippen LogP contribution in [-0.4, -0.2) is 66.0 Å². The Morgan fingerprint density at radius 1 is 1.03 bits per heavy atom. The molecule has 186 valence electrons. The molecule has 1 aliphatic heterocycles. The van der Waals surface area contributed by atoms with Gasteiger partial charge in [-0.1, -0.05) is 45.0 Å². The molecule has 0 radical (unpaired) electrons. The first-order valence-corrected chi connectivity index (χ1v) is 13.3. The second-order valence-corrected chi connectivity index (χ2v) is 11.0.